The molecule has 0 aromatic carbocycles. The molecular formula is C5H9Cl4O2P. The fraction of sp³-hybridized carbons (Fsp3) is 1.00. The first kappa shape index (κ1) is 13.4. The van der Waals surface area contributed by atoms with E-state index in [1.54, 1.807) is 6.92 Å². The monoisotopic (exact) mass is 272 g/mol. The van der Waals surface area contributed by atoms with Crippen LogP contribution in [0.4, 0.5) is 0 Å². The van der Waals surface area contributed by atoms with Gasteiger partial charge in [-0.05, 0) is 36.3 Å². The molecule has 0 N–H and O–H groups in total. The van der Waals surface area contributed by atoms with Crippen molar-refractivity contribution in [3.63, 3.8) is 0 Å². The third kappa shape index (κ3) is 3.25. The summed E-state index contributed by atoms with van der Waals surface area (Å²) in [6, 6.07) is 0. The molecule has 0 aliphatic rings. The zero-order valence-corrected chi connectivity index (χ0v) is 10.5. The molecule has 7 heteroatoms. The van der Waals surface area contributed by atoms with E-state index in [9.17, 15) is 4.57 Å². The topological polar surface area (TPSA) is 26.3 Å². The first-order valence-corrected chi connectivity index (χ1v) is 7.50. The number of alkyl halides is 2. The molecule has 0 amide bonds. The van der Waals surface area contributed by atoms with Crippen molar-refractivity contribution < 1.29 is 9.30 Å². The predicted octanol–water partition coefficient (Wildman–Crippen LogP) is 4.21. The summed E-state index contributed by atoms with van der Waals surface area (Å²) < 4.78 is 14.7. The second-order valence-electron chi connectivity index (χ2n) is 2.26. The molecule has 0 radical (unpaired) electrons. The maximum absolute atomic E-state index is 11.2. The van der Waals surface area contributed by atoms with Crippen LogP contribution in [0, 0.1) is 0 Å². The van der Waals surface area contributed by atoms with Crippen LogP contribution in [0.15, 0.2) is 0 Å². The lowest BCUT2D eigenvalue weighted by atomic mass is 10.5. The molecule has 2 nitrogen and oxygen atoms in total. The SMILES string of the molecule is CCOC(Cl)C(C)(Cl)P(=O)(Cl)Cl. The number of hydrogen-bond acceptors (Lipinski definition) is 2. The summed E-state index contributed by atoms with van der Waals surface area (Å²) in [7, 11) is 0. The molecule has 74 valence electrons. The Kier molecular flexibility index (Phi) is 5.26. The lowest BCUT2D eigenvalue weighted by Crippen LogP contribution is -2.28. The molecule has 0 aliphatic carbocycles. The summed E-state index contributed by atoms with van der Waals surface area (Å²) in [5.41, 5.74) is -0.968. The zero-order chi connectivity index (χ0) is 9.99. The maximum Gasteiger partial charge on any atom is 0.276 e. The van der Waals surface area contributed by atoms with Gasteiger partial charge < -0.3 is 4.74 Å². The molecule has 0 rings (SSSR count). The summed E-state index contributed by atoms with van der Waals surface area (Å²) in [4.78, 5) is 0. The third-order valence-corrected chi connectivity index (χ3v) is 6.85. The second-order valence-corrected chi connectivity index (χ2v) is 8.93. The van der Waals surface area contributed by atoms with E-state index in [4.69, 9.17) is 50.4 Å². The van der Waals surface area contributed by atoms with Crippen molar-refractivity contribution in [1.29, 1.82) is 0 Å². The van der Waals surface area contributed by atoms with Crippen LogP contribution in [0.1, 0.15) is 13.8 Å². The predicted molar refractivity (Wildman–Crippen MR) is 54.8 cm³/mol. The highest BCUT2D eigenvalue weighted by atomic mass is 35.9. The summed E-state index contributed by atoms with van der Waals surface area (Å²) >= 11 is 22.2. The van der Waals surface area contributed by atoms with Gasteiger partial charge in [0.2, 0.25) is 0 Å². The van der Waals surface area contributed by atoms with Gasteiger partial charge in [0.15, 0.2) is 10.2 Å². The van der Waals surface area contributed by atoms with Crippen molar-refractivity contribution in [1.82, 2.24) is 0 Å². The van der Waals surface area contributed by atoms with E-state index in [0.29, 0.717) is 6.61 Å². The van der Waals surface area contributed by atoms with Crippen LogP contribution in [0.3, 0.4) is 0 Å². The van der Waals surface area contributed by atoms with Crippen LogP contribution >= 0.6 is 51.5 Å². The number of halogens is 4. The fourth-order valence-corrected chi connectivity index (χ4v) is 2.16. The van der Waals surface area contributed by atoms with Crippen molar-refractivity contribution in [3.05, 3.63) is 0 Å². The molecule has 0 aromatic rings. The van der Waals surface area contributed by atoms with E-state index in [-0.39, 0.29) is 0 Å². The van der Waals surface area contributed by atoms with E-state index in [1.165, 1.54) is 6.92 Å². The van der Waals surface area contributed by atoms with Crippen molar-refractivity contribution >= 4 is 51.5 Å². The Morgan fingerprint density at radius 1 is 1.58 bits per heavy atom. The zero-order valence-electron chi connectivity index (χ0n) is 6.56. The third-order valence-electron chi connectivity index (χ3n) is 1.24. The van der Waals surface area contributed by atoms with Crippen molar-refractivity contribution in [2.75, 3.05) is 6.61 Å². The highest BCUT2D eigenvalue weighted by Gasteiger charge is 2.47. The summed E-state index contributed by atoms with van der Waals surface area (Å²) in [6.45, 7) is 3.46. The second kappa shape index (κ2) is 4.72. The van der Waals surface area contributed by atoms with Gasteiger partial charge in [-0.15, -0.1) is 11.6 Å². The van der Waals surface area contributed by atoms with Crippen molar-refractivity contribution in [2.24, 2.45) is 0 Å². The maximum atomic E-state index is 11.2. The Morgan fingerprint density at radius 3 is 2.25 bits per heavy atom. The van der Waals surface area contributed by atoms with Crippen LogP contribution in [-0.2, 0) is 9.30 Å². The Labute approximate surface area is 91.4 Å². The molecule has 2 atom stereocenters. The van der Waals surface area contributed by atoms with E-state index in [1.807, 2.05) is 0 Å². The molecule has 0 bridgehead atoms. The van der Waals surface area contributed by atoms with Crippen LogP contribution in [0.25, 0.3) is 0 Å². The number of rotatable bonds is 4. The van der Waals surface area contributed by atoms with E-state index < -0.39 is 16.0 Å². The molecular weight excluding hydrogens is 265 g/mol. The highest BCUT2D eigenvalue weighted by Crippen LogP contribution is 2.70. The van der Waals surface area contributed by atoms with Gasteiger partial charge in [-0.25, -0.2) is 0 Å². The van der Waals surface area contributed by atoms with Crippen LogP contribution < -0.4 is 0 Å². The van der Waals surface area contributed by atoms with E-state index in [0.717, 1.165) is 0 Å². The largest absolute Gasteiger partial charge is 0.360 e. The summed E-state index contributed by atoms with van der Waals surface area (Å²) in [6.07, 6.45) is 0. The molecule has 0 saturated carbocycles. The highest BCUT2D eigenvalue weighted by molar-refractivity contribution is 8.10. The molecule has 0 heterocycles. The van der Waals surface area contributed by atoms with Gasteiger partial charge in [-0.2, -0.15) is 0 Å². The standard InChI is InChI=1S/C5H9Cl4O2P/c1-3-11-4(6)5(2,7)12(8,9)10/h4H,3H2,1-2H3. The van der Waals surface area contributed by atoms with Crippen LogP contribution in [0.2, 0.25) is 0 Å². The molecule has 0 saturated heterocycles. The molecule has 0 aromatic heterocycles. The Bertz CT molecular complexity index is 190. The molecule has 2 unspecified atom stereocenters. The van der Waals surface area contributed by atoms with Crippen molar-refractivity contribution in [2.45, 2.75) is 24.0 Å². The van der Waals surface area contributed by atoms with Gasteiger partial charge in [0.1, 0.15) is 0 Å². The fourth-order valence-electron chi connectivity index (χ4n) is 0.417. The lowest BCUT2D eigenvalue weighted by Gasteiger charge is -2.27. The van der Waals surface area contributed by atoms with Gasteiger partial charge in [0.25, 0.3) is 5.85 Å². The first-order chi connectivity index (χ1) is 5.23. The smallest absolute Gasteiger partial charge is 0.276 e. The number of hydrogen-bond donors (Lipinski definition) is 0. The lowest BCUT2D eigenvalue weighted by molar-refractivity contribution is 0.111. The van der Waals surface area contributed by atoms with Gasteiger partial charge in [0, 0.05) is 6.61 Å². The first-order valence-electron chi connectivity index (χ1n) is 3.17. The summed E-state index contributed by atoms with van der Waals surface area (Å²) in [5.74, 6) is -3.50. The van der Waals surface area contributed by atoms with Gasteiger partial charge >= 0.3 is 0 Å². The average Bonchev–Trinajstić information content (AvgIpc) is 1.85. The molecule has 0 aliphatic heterocycles. The van der Waals surface area contributed by atoms with Gasteiger partial charge in [-0.1, -0.05) is 11.6 Å². The minimum atomic E-state index is -3.50. The molecule has 0 fully saturated rings. The average molecular weight is 274 g/mol. The Balaban J connectivity index is 4.50. The molecule has 12 heavy (non-hydrogen) atoms. The van der Waals surface area contributed by atoms with Crippen molar-refractivity contribution in [3.8, 4) is 0 Å². The van der Waals surface area contributed by atoms with E-state index in [2.05, 4.69) is 0 Å². The van der Waals surface area contributed by atoms with Crippen LogP contribution in [-0.4, -0.2) is 16.8 Å². The summed E-state index contributed by atoms with van der Waals surface area (Å²) in [5, 5.41) is 0. The van der Waals surface area contributed by atoms with E-state index >= 15 is 0 Å². The Morgan fingerprint density at radius 2 is 2.00 bits per heavy atom. The normalized spacial score (nSPS) is 20.2. The number of ether oxygens (including phenoxy) is 1. The van der Waals surface area contributed by atoms with Gasteiger partial charge in [-0.3, -0.25) is 4.57 Å². The Hall–Kier alpha value is 1.35. The molecule has 0 spiro atoms. The minimum Gasteiger partial charge on any atom is -0.360 e. The van der Waals surface area contributed by atoms with Crippen LogP contribution in [0.5, 0.6) is 0 Å². The minimum absolute atomic E-state index is 0.351. The van der Waals surface area contributed by atoms with Gasteiger partial charge in [0.05, 0.1) is 0 Å². The quantitative estimate of drug-likeness (QED) is 0.566.